The van der Waals surface area contributed by atoms with Crippen LogP contribution in [0.3, 0.4) is 0 Å². The average molecular weight is 249 g/mol. The Morgan fingerprint density at radius 3 is 2.94 bits per heavy atom. The zero-order chi connectivity index (χ0) is 13.4. The molecule has 0 spiro atoms. The summed E-state index contributed by atoms with van der Waals surface area (Å²) in [6.45, 7) is 8.52. The van der Waals surface area contributed by atoms with Crippen molar-refractivity contribution in [1.82, 2.24) is 14.9 Å². The normalized spacial score (nSPS) is 13.6. The highest BCUT2D eigenvalue weighted by atomic mass is 15.1. The van der Waals surface area contributed by atoms with Crippen molar-refractivity contribution >= 4 is 0 Å². The van der Waals surface area contributed by atoms with Gasteiger partial charge in [-0.05, 0) is 32.7 Å². The summed E-state index contributed by atoms with van der Waals surface area (Å²) in [5.74, 6) is 1.67. The molecule has 0 saturated heterocycles. The second kappa shape index (κ2) is 8.09. The van der Waals surface area contributed by atoms with Crippen LogP contribution >= 0.6 is 0 Å². The zero-order valence-corrected chi connectivity index (χ0v) is 12.2. The number of aromatic nitrogens is 2. The van der Waals surface area contributed by atoms with Gasteiger partial charge in [0, 0.05) is 18.4 Å². The predicted molar refractivity (Wildman–Crippen MR) is 77.7 cm³/mol. The Kier molecular flexibility index (Phi) is 6.73. The molecule has 0 radical (unpaired) electrons. The average Bonchev–Trinajstić information content (AvgIpc) is 2.78. The van der Waals surface area contributed by atoms with E-state index in [9.17, 15) is 0 Å². The van der Waals surface area contributed by atoms with E-state index in [0.29, 0.717) is 5.92 Å². The highest BCUT2D eigenvalue weighted by Crippen LogP contribution is 2.18. The second-order valence-corrected chi connectivity index (χ2v) is 5.07. The summed E-state index contributed by atoms with van der Waals surface area (Å²) in [4.78, 5) is 10.2. The van der Waals surface area contributed by atoms with Crippen molar-refractivity contribution in [2.45, 2.75) is 52.5 Å². The maximum atomic E-state index is 4.47. The molecule has 0 bridgehead atoms. The molecule has 3 heteroatoms. The number of imidazole rings is 1. The Morgan fingerprint density at radius 1 is 1.50 bits per heavy atom. The van der Waals surface area contributed by atoms with Gasteiger partial charge >= 0.3 is 0 Å². The van der Waals surface area contributed by atoms with Crippen LogP contribution in [0.4, 0.5) is 0 Å². The quantitative estimate of drug-likeness (QED) is 0.712. The number of nitrogens with zero attached hydrogens (tertiary/aromatic N) is 2. The number of nitrogens with one attached hydrogen (secondary N) is 1. The molecule has 3 nitrogen and oxygen atoms in total. The molecule has 1 aromatic heterocycles. The lowest BCUT2D eigenvalue weighted by Gasteiger charge is -2.13. The Bertz CT molecular complexity index is 354. The first-order valence-electron chi connectivity index (χ1n) is 7.00. The standard InChI is InChI=1S/C15H27N3/c1-5-7-8-10-18(4)12-15-16-11-14(17-15)13(3)9-6-2/h5,7,11,13H,6,8-10,12H2,1-4H3,(H,16,17). The van der Waals surface area contributed by atoms with Gasteiger partial charge in [0.25, 0.3) is 0 Å². The molecule has 0 saturated carbocycles. The van der Waals surface area contributed by atoms with Gasteiger partial charge in [-0.25, -0.2) is 4.98 Å². The lowest BCUT2D eigenvalue weighted by molar-refractivity contribution is 0.325. The van der Waals surface area contributed by atoms with Gasteiger partial charge in [0.15, 0.2) is 0 Å². The lowest BCUT2D eigenvalue weighted by atomic mass is 10.0. The number of allylic oxidation sites excluding steroid dienone is 1. The third kappa shape index (κ3) is 5.05. The van der Waals surface area contributed by atoms with Crippen molar-refractivity contribution in [2.24, 2.45) is 0 Å². The fourth-order valence-electron chi connectivity index (χ4n) is 2.09. The molecule has 1 unspecified atom stereocenters. The minimum absolute atomic E-state index is 0.588. The third-order valence-electron chi connectivity index (χ3n) is 3.23. The summed E-state index contributed by atoms with van der Waals surface area (Å²) < 4.78 is 0. The van der Waals surface area contributed by atoms with E-state index in [1.54, 1.807) is 0 Å². The summed E-state index contributed by atoms with van der Waals surface area (Å²) in [6.07, 6.45) is 9.85. The van der Waals surface area contributed by atoms with Gasteiger partial charge in [-0.1, -0.05) is 32.4 Å². The van der Waals surface area contributed by atoms with Gasteiger partial charge in [-0.2, -0.15) is 0 Å². The van der Waals surface area contributed by atoms with Gasteiger partial charge in [-0.15, -0.1) is 0 Å². The van der Waals surface area contributed by atoms with Gasteiger partial charge in [0.1, 0.15) is 5.82 Å². The van der Waals surface area contributed by atoms with E-state index in [0.717, 1.165) is 25.3 Å². The van der Waals surface area contributed by atoms with E-state index in [1.807, 2.05) is 6.20 Å². The van der Waals surface area contributed by atoms with Crippen molar-refractivity contribution < 1.29 is 0 Å². The zero-order valence-electron chi connectivity index (χ0n) is 12.2. The predicted octanol–water partition coefficient (Wildman–Crippen LogP) is 3.71. The molecule has 0 amide bonds. The van der Waals surface area contributed by atoms with Gasteiger partial charge in [0.2, 0.25) is 0 Å². The molecule has 0 aliphatic heterocycles. The van der Waals surface area contributed by atoms with Crippen LogP contribution in [0.2, 0.25) is 0 Å². The Hall–Kier alpha value is -1.09. The highest BCUT2D eigenvalue weighted by molar-refractivity contribution is 5.06. The van der Waals surface area contributed by atoms with E-state index in [2.05, 4.69) is 54.8 Å². The molecule has 1 N–H and O–H groups in total. The van der Waals surface area contributed by atoms with Crippen molar-refractivity contribution in [3.05, 3.63) is 29.9 Å². The van der Waals surface area contributed by atoms with E-state index in [4.69, 9.17) is 0 Å². The Balaban J connectivity index is 2.43. The van der Waals surface area contributed by atoms with E-state index >= 15 is 0 Å². The summed E-state index contributed by atoms with van der Waals surface area (Å²) in [5.41, 5.74) is 1.27. The summed E-state index contributed by atoms with van der Waals surface area (Å²) in [6, 6.07) is 0. The van der Waals surface area contributed by atoms with Crippen LogP contribution in [-0.2, 0) is 6.54 Å². The molecule has 1 rings (SSSR count). The van der Waals surface area contributed by atoms with Crippen LogP contribution in [0.25, 0.3) is 0 Å². The van der Waals surface area contributed by atoms with Crippen LogP contribution in [0.5, 0.6) is 0 Å². The first-order chi connectivity index (χ1) is 8.67. The monoisotopic (exact) mass is 249 g/mol. The first-order valence-corrected chi connectivity index (χ1v) is 7.00. The number of aromatic amines is 1. The topological polar surface area (TPSA) is 31.9 Å². The van der Waals surface area contributed by atoms with Crippen molar-refractivity contribution in [1.29, 1.82) is 0 Å². The molecule has 18 heavy (non-hydrogen) atoms. The molecule has 102 valence electrons. The van der Waals surface area contributed by atoms with Crippen molar-refractivity contribution in [3.63, 3.8) is 0 Å². The number of H-pyrrole nitrogens is 1. The Morgan fingerprint density at radius 2 is 2.28 bits per heavy atom. The van der Waals surface area contributed by atoms with Gasteiger partial charge in [0.05, 0.1) is 6.54 Å². The van der Waals surface area contributed by atoms with E-state index in [-0.39, 0.29) is 0 Å². The molecule has 1 heterocycles. The maximum Gasteiger partial charge on any atom is 0.120 e. The minimum atomic E-state index is 0.588. The summed E-state index contributed by atoms with van der Waals surface area (Å²) in [5, 5.41) is 0. The largest absolute Gasteiger partial charge is 0.345 e. The van der Waals surface area contributed by atoms with Gasteiger partial charge < -0.3 is 4.98 Å². The first kappa shape index (κ1) is 15.0. The van der Waals surface area contributed by atoms with E-state index in [1.165, 1.54) is 18.5 Å². The SMILES string of the molecule is CC=CCCN(C)Cc1ncc(C(C)CCC)[nH]1. The molecular weight excluding hydrogens is 222 g/mol. The third-order valence-corrected chi connectivity index (χ3v) is 3.23. The molecule has 0 aliphatic rings. The van der Waals surface area contributed by atoms with Crippen molar-refractivity contribution in [2.75, 3.05) is 13.6 Å². The molecule has 0 aliphatic carbocycles. The van der Waals surface area contributed by atoms with Crippen molar-refractivity contribution in [3.8, 4) is 0 Å². The fourth-order valence-corrected chi connectivity index (χ4v) is 2.09. The molecule has 0 fully saturated rings. The van der Waals surface area contributed by atoms with Gasteiger partial charge in [-0.3, -0.25) is 4.90 Å². The molecule has 1 atom stereocenters. The highest BCUT2D eigenvalue weighted by Gasteiger charge is 2.09. The number of hydrogen-bond donors (Lipinski definition) is 1. The Labute approximate surface area is 111 Å². The maximum absolute atomic E-state index is 4.47. The smallest absolute Gasteiger partial charge is 0.120 e. The van der Waals surface area contributed by atoms with Crippen LogP contribution in [0.1, 0.15) is 57.5 Å². The summed E-state index contributed by atoms with van der Waals surface area (Å²) >= 11 is 0. The number of rotatable bonds is 8. The lowest BCUT2D eigenvalue weighted by Crippen LogP contribution is -2.19. The fraction of sp³-hybridized carbons (Fsp3) is 0.667. The molecule has 1 aromatic rings. The van der Waals surface area contributed by atoms with Crippen LogP contribution in [0.15, 0.2) is 18.3 Å². The number of hydrogen-bond acceptors (Lipinski definition) is 2. The van der Waals surface area contributed by atoms with Crippen LogP contribution in [0, 0.1) is 0 Å². The van der Waals surface area contributed by atoms with Crippen LogP contribution < -0.4 is 0 Å². The summed E-state index contributed by atoms with van der Waals surface area (Å²) in [7, 11) is 2.14. The minimum Gasteiger partial charge on any atom is -0.345 e. The second-order valence-electron chi connectivity index (χ2n) is 5.07. The van der Waals surface area contributed by atoms with E-state index < -0.39 is 0 Å². The van der Waals surface area contributed by atoms with Crippen LogP contribution in [-0.4, -0.2) is 28.5 Å². The molecule has 0 aromatic carbocycles. The molecular formula is C15H27N3.